The minimum absolute atomic E-state index is 0.0719. The number of hydrogen-bond acceptors (Lipinski definition) is 6. The van der Waals surface area contributed by atoms with E-state index in [2.05, 4.69) is 9.97 Å². The zero-order chi connectivity index (χ0) is 14.7. The molecule has 0 amide bonds. The molecule has 0 aliphatic carbocycles. The first-order chi connectivity index (χ1) is 9.52. The fourth-order valence-electron chi connectivity index (χ4n) is 1.66. The van der Waals surface area contributed by atoms with E-state index in [-0.39, 0.29) is 18.1 Å². The number of hydrogen-bond donors (Lipinski definition) is 0. The van der Waals surface area contributed by atoms with Crippen LogP contribution in [0.5, 0.6) is 0 Å². The third-order valence-corrected chi connectivity index (χ3v) is 3.73. The largest absolute Gasteiger partial charge is 0.461 e. The van der Waals surface area contributed by atoms with Gasteiger partial charge in [-0.1, -0.05) is 0 Å². The third-order valence-electron chi connectivity index (χ3n) is 2.55. The number of rotatable bonds is 4. The van der Waals surface area contributed by atoms with Crippen LogP contribution >= 0.6 is 11.3 Å². The van der Waals surface area contributed by atoms with Crippen LogP contribution in [-0.2, 0) is 4.74 Å². The lowest BCUT2D eigenvalue weighted by atomic mass is 10.2. The Labute approximate surface area is 120 Å². The maximum Gasteiger partial charge on any atom is 0.358 e. The van der Waals surface area contributed by atoms with E-state index in [1.807, 2.05) is 19.1 Å². The molecule has 0 bridgehead atoms. The summed E-state index contributed by atoms with van der Waals surface area (Å²) in [6, 6.07) is 3.73. The second kappa shape index (κ2) is 5.92. The van der Waals surface area contributed by atoms with Crippen LogP contribution in [0, 0.1) is 6.92 Å². The summed E-state index contributed by atoms with van der Waals surface area (Å²) in [5, 5.41) is 0.543. The molecule has 0 fully saturated rings. The van der Waals surface area contributed by atoms with Crippen LogP contribution in [0.3, 0.4) is 0 Å². The normalized spacial score (nSPS) is 10.3. The van der Waals surface area contributed by atoms with Crippen molar-refractivity contribution in [2.75, 3.05) is 6.61 Å². The molecule has 5 nitrogen and oxygen atoms in total. The summed E-state index contributed by atoms with van der Waals surface area (Å²) in [4.78, 5) is 32.2. The molecule has 0 spiro atoms. The van der Waals surface area contributed by atoms with Crippen molar-refractivity contribution in [2.24, 2.45) is 0 Å². The number of aromatic nitrogens is 2. The number of carbonyl (C=O) groups is 2. The van der Waals surface area contributed by atoms with Gasteiger partial charge < -0.3 is 4.74 Å². The summed E-state index contributed by atoms with van der Waals surface area (Å²) in [6.07, 6.45) is 1.67. The summed E-state index contributed by atoms with van der Waals surface area (Å²) in [5.41, 5.74) is 1.75. The fraction of sp³-hybridized carbons (Fsp3) is 0.286. The van der Waals surface area contributed by atoms with Gasteiger partial charge in [0, 0.05) is 13.1 Å². The number of esters is 1. The van der Waals surface area contributed by atoms with Crippen LogP contribution in [0.1, 0.15) is 39.6 Å². The van der Waals surface area contributed by atoms with Crippen molar-refractivity contribution >= 4 is 23.1 Å². The van der Waals surface area contributed by atoms with Gasteiger partial charge in [-0.05, 0) is 31.5 Å². The highest BCUT2D eigenvalue weighted by Crippen LogP contribution is 2.28. The molecule has 2 rings (SSSR count). The smallest absolute Gasteiger partial charge is 0.358 e. The Hall–Kier alpha value is -2.08. The van der Waals surface area contributed by atoms with Gasteiger partial charge >= 0.3 is 5.97 Å². The standard InChI is InChI=1S/C14H14N2O3S/c1-4-19-14(18)11-12(9(3)17)20-13(16-11)10-7-8(2)5-6-15-10/h5-7H,4H2,1-3H3. The topological polar surface area (TPSA) is 69.2 Å². The number of ether oxygens (including phenoxy) is 1. The van der Waals surface area contributed by atoms with E-state index in [1.54, 1.807) is 13.1 Å². The van der Waals surface area contributed by atoms with Gasteiger partial charge in [0.1, 0.15) is 9.88 Å². The summed E-state index contributed by atoms with van der Waals surface area (Å²) in [5.74, 6) is -0.780. The van der Waals surface area contributed by atoms with E-state index >= 15 is 0 Å². The molecule has 2 aromatic rings. The third kappa shape index (κ3) is 2.91. The number of carbonyl (C=O) groups excluding carboxylic acids is 2. The number of nitrogens with zero attached hydrogens (tertiary/aromatic N) is 2. The van der Waals surface area contributed by atoms with Crippen molar-refractivity contribution < 1.29 is 14.3 Å². The summed E-state index contributed by atoms with van der Waals surface area (Å²) in [6.45, 7) is 5.30. The van der Waals surface area contributed by atoms with Crippen molar-refractivity contribution in [2.45, 2.75) is 20.8 Å². The fourth-order valence-corrected chi connectivity index (χ4v) is 2.58. The molecular formula is C14H14N2O3S. The van der Waals surface area contributed by atoms with Gasteiger partial charge in [0.2, 0.25) is 0 Å². The Balaban J connectivity index is 2.49. The number of thiazole rings is 1. The Morgan fingerprint density at radius 2 is 2.15 bits per heavy atom. The van der Waals surface area contributed by atoms with Gasteiger partial charge in [-0.25, -0.2) is 9.78 Å². The lowest BCUT2D eigenvalue weighted by Gasteiger charge is -1.99. The van der Waals surface area contributed by atoms with E-state index in [4.69, 9.17) is 4.74 Å². The zero-order valence-corrected chi connectivity index (χ0v) is 12.3. The molecule has 0 N–H and O–H groups in total. The van der Waals surface area contributed by atoms with Crippen molar-refractivity contribution in [3.8, 4) is 10.7 Å². The zero-order valence-electron chi connectivity index (χ0n) is 11.5. The van der Waals surface area contributed by atoms with Crippen LogP contribution in [0.4, 0.5) is 0 Å². The molecule has 20 heavy (non-hydrogen) atoms. The van der Waals surface area contributed by atoms with Crippen molar-refractivity contribution in [1.29, 1.82) is 0 Å². The number of ketones is 1. The molecule has 0 atom stereocenters. The quantitative estimate of drug-likeness (QED) is 0.639. The van der Waals surface area contributed by atoms with Gasteiger partial charge in [0.05, 0.1) is 12.3 Å². The molecule has 0 saturated carbocycles. The average Bonchev–Trinajstić information content (AvgIpc) is 2.84. The van der Waals surface area contributed by atoms with E-state index in [9.17, 15) is 9.59 Å². The van der Waals surface area contributed by atoms with Gasteiger partial charge in [-0.3, -0.25) is 9.78 Å². The van der Waals surface area contributed by atoms with Crippen LogP contribution in [0.15, 0.2) is 18.3 Å². The Morgan fingerprint density at radius 1 is 1.40 bits per heavy atom. The molecule has 0 aliphatic rings. The lowest BCUT2D eigenvalue weighted by Crippen LogP contribution is -2.09. The van der Waals surface area contributed by atoms with Crippen LogP contribution < -0.4 is 0 Å². The van der Waals surface area contributed by atoms with Crippen molar-refractivity contribution in [3.05, 3.63) is 34.5 Å². The van der Waals surface area contributed by atoms with E-state index < -0.39 is 5.97 Å². The molecule has 0 aromatic carbocycles. The second-order valence-corrected chi connectivity index (χ2v) is 5.19. The first-order valence-corrected chi connectivity index (χ1v) is 6.96. The molecule has 2 heterocycles. The predicted molar refractivity (Wildman–Crippen MR) is 76.0 cm³/mol. The van der Waals surface area contributed by atoms with Gasteiger partial charge in [0.15, 0.2) is 11.5 Å². The maximum absolute atomic E-state index is 11.8. The number of Topliss-reactive ketones (excluding diaryl/α,β-unsaturated/α-hetero) is 1. The van der Waals surface area contributed by atoms with Crippen LogP contribution in [0.2, 0.25) is 0 Å². The lowest BCUT2D eigenvalue weighted by molar-refractivity contribution is 0.0517. The molecule has 0 radical (unpaired) electrons. The average molecular weight is 290 g/mol. The van der Waals surface area contributed by atoms with Crippen molar-refractivity contribution in [3.63, 3.8) is 0 Å². The molecular weight excluding hydrogens is 276 g/mol. The monoisotopic (exact) mass is 290 g/mol. The Kier molecular flexibility index (Phi) is 4.24. The summed E-state index contributed by atoms with van der Waals surface area (Å²) < 4.78 is 4.92. The van der Waals surface area contributed by atoms with Crippen molar-refractivity contribution in [1.82, 2.24) is 9.97 Å². The Morgan fingerprint density at radius 3 is 2.75 bits per heavy atom. The number of aryl methyl sites for hydroxylation is 1. The van der Waals surface area contributed by atoms with Crippen LogP contribution in [-0.4, -0.2) is 28.3 Å². The molecule has 6 heteroatoms. The first kappa shape index (κ1) is 14.3. The van der Waals surface area contributed by atoms with Gasteiger partial charge in [0.25, 0.3) is 0 Å². The Bertz CT molecular complexity index is 664. The molecule has 2 aromatic heterocycles. The molecule has 0 saturated heterocycles. The van der Waals surface area contributed by atoms with Gasteiger partial charge in [-0.2, -0.15) is 0 Å². The second-order valence-electron chi connectivity index (χ2n) is 4.19. The molecule has 104 valence electrons. The summed E-state index contributed by atoms with van der Waals surface area (Å²) >= 11 is 1.16. The predicted octanol–water partition coefficient (Wildman–Crippen LogP) is 2.89. The summed E-state index contributed by atoms with van der Waals surface area (Å²) in [7, 11) is 0. The van der Waals surface area contributed by atoms with Gasteiger partial charge in [-0.15, -0.1) is 11.3 Å². The van der Waals surface area contributed by atoms with E-state index in [1.165, 1.54) is 6.92 Å². The molecule has 0 unspecified atom stereocenters. The highest BCUT2D eigenvalue weighted by Gasteiger charge is 2.23. The van der Waals surface area contributed by atoms with E-state index in [0.717, 1.165) is 16.9 Å². The SMILES string of the molecule is CCOC(=O)c1nc(-c2cc(C)ccn2)sc1C(C)=O. The first-order valence-electron chi connectivity index (χ1n) is 6.14. The van der Waals surface area contributed by atoms with E-state index in [0.29, 0.717) is 15.6 Å². The maximum atomic E-state index is 11.8. The minimum Gasteiger partial charge on any atom is -0.461 e. The number of pyridine rings is 1. The van der Waals surface area contributed by atoms with Crippen LogP contribution in [0.25, 0.3) is 10.7 Å². The minimum atomic E-state index is -0.576. The highest BCUT2D eigenvalue weighted by atomic mass is 32.1. The highest BCUT2D eigenvalue weighted by molar-refractivity contribution is 7.17. The molecule has 0 aliphatic heterocycles.